The van der Waals surface area contributed by atoms with Crippen molar-refractivity contribution in [2.75, 3.05) is 6.54 Å². The smallest absolute Gasteiger partial charge is 0.326 e. The van der Waals surface area contributed by atoms with Crippen LogP contribution in [-0.4, -0.2) is 49.2 Å². The molecule has 1 aromatic heterocycles. The van der Waals surface area contributed by atoms with E-state index in [-0.39, 0.29) is 11.7 Å². The molecule has 3 rings (SSSR count). The zero-order valence-electron chi connectivity index (χ0n) is 14.7. The number of nitrogens with zero attached hydrogens (tertiary/aromatic N) is 4. The van der Waals surface area contributed by atoms with Gasteiger partial charge >= 0.3 is 5.97 Å². The molecule has 0 bridgehead atoms. The highest BCUT2D eigenvalue weighted by Crippen LogP contribution is 2.25. The Morgan fingerprint density at radius 2 is 2.00 bits per heavy atom. The number of aromatic nitrogens is 3. The monoisotopic (exact) mass is 376 g/mol. The summed E-state index contributed by atoms with van der Waals surface area (Å²) in [7, 11) is 0. The molecule has 1 aliphatic heterocycles. The summed E-state index contributed by atoms with van der Waals surface area (Å²) in [6, 6.07) is 6.37. The first kappa shape index (κ1) is 18.4. The Kier molecular flexibility index (Phi) is 5.27. The van der Waals surface area contributed by atoms with Gasteiger partial charge in [0.05, 0.1) is 10.7 Å². The van der Waals surface area contributed by atoms with Crippen molar-refractivity contribution in [2.45, 2.75) is 45.1 Å². The number of hydrogen-bond donors (Lipinski definition) is 1. The van der Waals surface area contributed by atoms with Crippen LogP contribution in [0.1, 0.15) is 55.5 Å². The minimum Gasteiger partial charge on any atom is -0.480 e. The molecule has 1 N–H and O–H groups in total. The van der Waals surface area contributed by atoms with Gasteiger partial charge in [0, 0.05) is 12.5 Å². The fraction of sp³-hybridized carbons (Fsp3) is 0.444. The number of halogens is 1. The molecule has 1 fully saturated rings. The summed E-state index contributed by atoms with van der Waals surface area (Å²) < 4.78 is 1.57. The molecule has 1 unspecified atom stereocenters. The molecule has 0 radical (unpaired) electrons. The first-order valence-electron chi connectivity index (χ1n) is 8.65. The Morgan fingerprint density at radius 1 is 1.27 bits per heavy atom. The lowest BCUT2D eigenvalue weighted by Gasteiger charge is -2.31. The maximum Gasteiger partial charge on any atom is 0.326 e. The van der Waals surface area contributed by atoms with E-state index in [2.05, 4.69) is 10.1 Å². The highest BCUT2D eigenvalue weighted by Gasteiger charge is 2.35. The van der Waals surface area contributed by atoms with Gasteiger partial charge in [-0.1, -0.05) is 37.6 Å². The van der Waals surface area contributed by atoms with E-state index in [1.807, 2.05) is 26.0 Å². The second-order valence-corrected chi connectivity index (χ2v) is 7.07. The number of rotatable bonds is 4. The molecule has 2 heterocycles. The van der Waals surface area contributed by atoms with Crippen LogP contribution in [0.3, 0.4) is 0 Å². The van der Waals surface area contributed by atoms with Gasteiger partial charge in [-0.3, -0.25) is 4.79 Å². The number of benzene rings is 1. The summed E-state index contributed by atoms with van der Waals surface area (Å²) in [5.41, 5.74) is 0.637. The standard InChI is InChI=1S/C18H21ClN4O3/c1-11(2)16-20-15(21-23(16)13-8-4-3-7-12(13)19)17(24)22-10-6-5-9-14(22)18(25)26/h3-4,7-8,11,14H,5-6,9-10H2,1-2H3,(H,25,26). The summed E-state index contributed by atoms with van der Waals surface area (Å²) in [4.78, 5) is 30.2. The Bertz CT molecular complexity index is 834. The number of aliphatic carboxylic acids is 1. The topological polar surface area (TPSA) is 88.3 Å². The Hall–Kier alpha value is -2.41. The molecular weight excluding hydrogens is 356 g/mol. The molecule has 1 aliphatic rings. The van der Waals surface area contributed by atoms with E-state index in [0.29, 0.717) is 29.5 Å². The van der Waals surface area contributed by atoms with Crippen LogP contribution in [0, 0.1) is 0 Å². The number of hydrogen-bond acceptors (Lipinski definition) is 4. The fourth-order valence-electron chi connectivity index (χ4n) is 3.15. The molecule has 1 atom stereocenters. The second kappa shape index (κ2) is 7.45. The zero-order valence-corrected chi connectivity index (χ0v) is 15.5. The summed E-state index contributed by atoms with van der Waals surface area (Å²) in [6.45, 7) is 4.30. The van der Waals surface area contributed by atoms with Gasteiger partial charge in [0.1, 0.15) is 11.9 Å². The van der Waals surface area contributed by atoms with Gasteiger partial charge in [-0.25, -0.2) is 14.5 Å². The number of carbonyl (C=O) groups excluding carboxylic acids is 1. The number of para-hydroxylation sites is 1. The Morgan fingerprint density at radius 3 is 2.65 bits per heavy atom. The van der Waals surface area contributed by atoms with Crippen molar-refractivity contribution in [3.05, 3.63) is 40.9 Å². The highest BCUT2D eigenvalue weighted by molar-refractivity contribution is 6.32. The summed E-state index contributed by atoms with van der Waals surface area (Å²) in [5, 5.41) is 14.3. The van der Waals surface area contributed by atoms with Crippen LogP contribution in [0.4, 0.5) is 0 Å². The first-order valence-corrected chi connectivity index (χ1v) is 9.03. The van der Waals surface area contributed by atoms with E-state index in [1.54, 1.807) is 16.8 Å². The molecule has 0 aliphatic carbocycles. The van der Waals surface area contributed by atoms with Crippen molar-refractivity contribution < 1.29 is 14.7 Å². The van der Waals surface area contributed by atoms with Gasteiger partial charge < -0.3 is 10.0 Å². The predicted molar refractivity (Wildman–Crippen MR) is 96.8 cm³/mol. The number of piperidine rings is 1. The molecule has 0 spiro atoms. The van der Waals surface area contributed by atoms with Gasteiger partial charge in [-0.05, 0) is 31.4 Å². The third-order valence-electron chi connectivity index (χ3n) is 4.47. The Balaban J connectivity index is 2.01. The van der Waals surface area contributed by atoms with Gasteiger partial charge in [0.2, 0.25) is 5.82 Å². The van der Waals surface area contributed by atoms with Crippen LogP contribution in [0.25, 0.3) is 5.69 Å². The van der Waals surface area contributed by atoms with Crippen LogP contribution in [-0.2, 0) is 4.79 Å². The summed E-state index contributed by atoms with van der Waals surface area (Å²) in [5.74, 6) is -0.832. The fourth-order valence-corrected chi connectivity index (χ4v) is 3.36. The van der Waals surface area contributed by atoms with Crippen LogP contribution in [0.2, 0.25) is 5.02 Å². The minimum absolute atomic E-state index is 0.00164. The lowest BCUT2D eigenvalue weighted by molar-refractivity contribution is -0.143. The van der Waals surface area contributed by atoms with Crippen molar-refractivity contribution in [1.29, 1.82) is 0 Å². The average molecular weight is 377 g/mol. The molecule has 8 heteroatoms. The van der Waals surface area contributed by atoms with Crippen LogP contribution in [0.15, 0.2) is 24.3 Å². The van der Waals surface area contributed by atoms with E-state index in [1.165, 1.54) is 4.90 Å². The van der Waals surface area contributed by atoms with Crippen molar-refractivity contribution in [2.24, 2.45) is 0 Å². The van der Waals surface area contributed by atoms with E-state index < -0.39 is 17.9 Å². The van der Waals surface area contributed by atoms with Crippen LogP contribution < -0.4 is 0 Å². The number of carboxylic acids is 1. The molecule has 1 amide bonds. The van der Waals surface area contributed by atoms with E-state index in [4.69, 9.17) is 11.6 Å². The van der Waals surface area contributed by atoms with Gasteiger partial charge in [-0.2, -0.15) is 0 Å². The average Bonchev–Trinajstić information content (AvgIpc) is 3.07. The summed E-state index contributed by atoms with van der Waals surface area (Å²) >= 11 is 6.28. The molecule has 2 aromatic rings. The number of carboxylic acid groups (broad SMARTS) is 1. The number of amides is 1. The van der Waals surface area contributed by atoms with Gasteiger partial charge in [0.15, 0.2) is 0 Å². The van der Waals surface area contributed by atoms with E-state index >= 15 is 0 Å². The lowest BCUT2D eigenvalue weighted by atomic mass is 10.0. The molecule has 138 valence electrons. The van der Waals surface area contributed by atoms with Crippen LogP contribution in [0.5, 0.6) is 0 Å². The van der Waals surface area contributed by atoms with Gasteiger partial charge in [-0.15, -0.1) is 5.10 Å². The highest BCUT2D eigenvalue weighted by atomic mass is 35.5. The van der Waals surface area contributed by atoms with Crippen LogP contribution >= 0.6 is 11.6 Å². The number of likely N-dealkylation sites (tertiary alicyclic amines) is 1. The quantitative estimate of drug-likeness (QED) is 0.885. The molecule has 7 nitrogen and oxygen atoms in total. The number of carbonyl (C=O) groups is 2. The largest absolute Gasteiger partial charge is 0.480 e. The third-order valence-corrected chi connectivity index (χ3v) is 4.79. The van der Waals surface area contributed by atoms with Crippen molar-refractivity contribution in [3.8, 4) is 5.69 Å². The third kappa shape index (κ3) is 3.44. The van der Waals surface area contributed by atoms with Crippen molar-refractivity contribution >= 4 is 23.5 Å². The normalized spacial score (nSPS) is 17.5. The second-order valence-electron chi connectivity index (χ2n) is 6.66. The van der Waals surface area contributed by atoms with Crippen molar-refractivity contribution in [3.63, 3.8) is 0 Å². The maximum absolute atomic E-state index is 12.9. The predicted octanol–water partition coefficient (Wildman–Crippen LogP) is 3.12. The zero-order chi connectivity index (χ0) is 18.8. The Labute approximate surface area is 156 Å². The molecule has 0 saturated carbocycles. The first-order chi connectivity index (χ1) is 12.4. The molecule has 1 saturated heterocycles. The van der Waals surface area contributed by atoms with Gasteiger partial charge in [0.25, 0.3) is 5.91 Å². The molecular formula is C18H21ClN4O3. The van der Waals surface area contributed by atoms with E-state index in [9.17, 15) is 14.7 Å². The summed E-state index contributed by atoms with van der Waals surface area (Å²) in [6.07, 6.45) is 2.01. The maximum atomic E-state index is 12.9. The minimum atomic E-state index is -0.993. The molecule has 26 heavy (non-hydrogen) atoms. The lowest BCUT2D eigenvalue weighted by Crippen LogP contribution is -2.48. The molecule has 1 aromatic carbocycles. The SMILES string of the molecule is CC(C)c1nc(C(=O)N2CCCCC2C(=O)O)nn1-c1ccccc1Cl. The van der Waals surface area contributed by atoms with Crippen molar-refractivity contribution in [1.82, 2.24) is 19.7 Å². The van der Waals surface area contributed by atoms with E-state index in [0.717, 1.165) is 12.8 Å².